The number of benzene rings is 2. The molecule has 0 radical (unpaired) electrons. The molecule has 0 aromatic heterocycles. The maximum absolute atomic E-state index is 12.1. The van der Waals surface area contributed by atoms with Crippen LogP contribution in [-0.2, 0) is 14.6 Å². The zero-order valence-corrected chi connectivity index (χ0v) is 15.7. The molecule has 134 valence electrons. The van der Waals surface area contributed by atoms with Crippen LogP contribution in [-0.4, -0.2) is 27.2 Å². The molecular formula is C19H23NO4S. The molecule has 0 aliphatic rings. The number of rotatable bonds is 6. The molecule has 2 rings (SSSR count). The van der Waals surface area contributed by atoms with Gasteiger partial charge in [-0.25, -0.2) is 8.42 Å². The molecule has 6 heteroatoms. The lowest BCUT2D eigenvalue weighted by Crippen LogP contribution is -2.31. The van der Waals surface area contributed by atoms with Crippen molar-refractivity contribution in [2.45, 2.75) is 31.7 Å². The van der Waals surface area contributed by atoms with Crippen LogP contribution in [0.2, 0.25) is 0 Å². The summed E-state index contributed by atoms with van der Waals surface area (Å²) in [5.74, 6) is 0.459. The Labute approximate surface area is 148 Å². The first-order chi connectivity index (χ1) is 11.7. The van der Waals surface area contributed by atoms with E-state index >= 15 is 0 Å². The predicted molar refractivity (Wildman–Crippen MR) is 97.5 cm³/mol. The van der Waals surface area contributed by atoms with Gasteiger partial charge in [0.15, 0.2) is 16.4 Å². The minimum atomic E-state index is -3.22. The summed E-state index contributed by atoms with van der Waals surface area (Å²) in [5, 5.41) is 2.85. The van der Waals surface area contributed by atoms with Crippen LogP contribution in [0.15, 0.2) is 47.4 Å². The average Bonchev–Trinajstić information content (AvgIpc) is 2.55. The van der Waals surface area contributed by atoms with Crippen molar-refractivity contribution in [2.24, 2.45) is 0 Å². The van der Waals surface area contributed by atoms with Crippen molar-refractivity contribution in [1.82, 2.24) is 5.32 Å². The highest BCUT2D eigenvalue weighted by molar-refractivity contribution is 7.90. The Morgan fingerprint density at radius 1 is 1.12 bits per heavy atom. The van der Waals surface area contributed by atoms with Gasteiger partial charge >= 0.3 is 0 Å². The van der Waals surface area contributed by atoms with Crippen molar-refractivity contribution in [2.75, 3.05) is 12.9 Å². The van der Waals surface area contributed by atoms with Crippen molar-refractivity contribution >= 4 is 15.7 Å². The maximum Gasteiger partial charge on any atom is 0.258 e. The third-order valence-electron chi connectivity index (χ3n) is 3.89. The molecule has 0 unspecified atom stereocenters. The summed E-state index contributed by atoms with van der Waals surface area (Å²) in [5.41, 5.74) is 2.87. The molecule has 1 atom stereocenters. The number of carbonyl (C=O) groups is 1. The molecule has 0 aliphatic carbocycles. The molecule has 5 nitrogen and oxygen atoms in total. The second-order valence-electron chi connectivity index (χ2n) is 6.19. The highest BCUT2D eigenvalue weighted by Gasteiger charge is 2.12. The molecule has 1 amide bonds. The van der Waals surface area contributed by atoms with Crippen LogP contribution in [0.4, 0.5) is 0 Å². The Bertz CT molecular complexity index is 857. The van der Waals surface area contributed by atoms with Crippen molar-refractivity contribution in [3.05, 3.63) is 59.2 Å². The van der Waals surface area contributed by atoms with Gasteiger partial charge in [0.2, 0.25) is 0 Å². The molecule has 0 aliphatic heterocycles. The Morgan fingerprint density at radius 3 is 2.36 bits per heavy atom. The number of hydrogen-bond acceptors (Lipinski definition) is 4. The van der Waals surface area contributed by atoms with Gasteiger partial charge in [0, 0.05) is 6.26 Å². The smallest absolute Gasteiger partial charge is 0.258 e. The quantitative estimate of drug-likeness (QED) is 0.858. The molecule has 2 aromatic rings. The molecule has 1 N–H and O–H groups in total. The van der Waals surface area contributed by atoms with Crippen LogP contribution in [0.25, 0.3) is 0 Å². The van der Waals surface area contributed by atoms with Crippen molar-refractivity contribution < 1.29 is 17.9 Å². The number of sulfone groups is 1. The lowest BCUT2D eigenvalue weighted by molar-refractivity contribution is -0.123. The number of ether oxygens (including phenoxy) is 1. The van der Waals surface area contributed by atoms with Crippen LogP contribution >= 0.6 is 0 Å². The molecule has 0 spiro atoms. The highest BCUT2D eigenvalue weighted by Crippen LogP contribution is 2.19. The molecule has 2 aromatic carbocycles. The van der Waals surface area contributed by atoms with E-state index in [-0.39, 0.29) is 23.5 Å². The van der Waals surface area contributed by atoms with E-state index in [4.69, 9.17) is 4.74 Å². The normalized spacial score (nSPS) is 12.5. The van der Waals surface area contributed by atoms with E-state index in [1.165, 1.54) is 0 Å². The van der Waals surface area contributed by atoms with Crippen LogP contribution < -0.4 is 10.1 Å². The lowest BCUT2D eigenvalue weighted by Gasteiger charge is -2.16. The third kappa shape index (κ3) is 5.32. The van der Waals surface area contributed by atoms with E-state index < -0.39 is 9.84 Å². The molecule has 0 heterocycles. The van der Waals surface area contributed by atoms with Gasteiger partial charge in [0.05, 0.1) is 10.9 Å². The van der Waals surface area contributed by atoms with E-state index in [0.717, 1.165) is 22.9 Å². The van der Waals surface area contributed by atoms with Gasteiger partial charge in [-0.3, -0.25) is 4.79 Å². The summed E-state index contributed by atoms with van der Waals surface area (Å²) in [4.78, 5) is 12.3. The first-order valence-corrected chi connectivity index (χ1v) is 9.85. The molecule has 0 saturated heterocycles. The van der Waals surface area contributed by atoms with Gasteiger partial charge in [-0.05, 0) is 55.7 Å². The third-order valence-corrected chi connectivity index (χ3v) is 5.02. The van der Waals surface area contributed by atoms with Gasteiger partial charge in [-0.2, -0.15) is 0 Å². The lowest BCUT2D eigenvalue weighted by atomic mass is 10.1. The topological polar surface area (TPSA) is 72.5 Å². The van der Waals surface area contributed by atoms with E-state index in [9.17, 15) is 13.2 Å². The summed E-state index contributed by atoms with van der Waals surface area (Å²) >= 11 is 0. The van der Waals surface area contributed by atoms with Crippen LogP contribution in [0.1, 0.15) is 29.7 Å². The second-order valence-corrected chi connectivity index (χ2v) is 8.20. The van der Waals surface area contributed by atoms with Gasteiger partial charge in [-0.1, -0.05) is 24.3 Å². The Hall–Kier alpha value is -2.34. The first-order valence-electron chi connectivity index (χ1n) is 7.96. The van der Waals surface area contributed by atoms with Gasteiger partial charge in [0.1, 0.15) is 5.75 Å². The molecule has 0 saturated carbocycles. The summed E-state index contributed by atoms with van der Waals surface area (Å²) in [7, 11) is -3.22. The van der Waals surface area contributed by atoms with Gasteiger partial charge in [-0.15, -0.1) is 0 Å². The highest BCUT2D eigenvalue weighted by atomic mass is 32.2. The summed E-state index contributed by atoms with van der Waals surface area (Å²) < 4.78 is 28.5. The van der Waals surface area contributed by atoms with E-state index in [1.54, 1.807) is 24.3 Å². The largest absolute Gasteiger partial charge is 0.483 e. The maximum atomic E-state index is 12.1. The zero-order chi connectivity index (χ0) is 18.6. The first kappa shape index (κ1) is 19.0. The molecule has 25 heavy (non-hydrogen) atoms. The Morgan fingerprint density at radius 2 is 1.76 bits per heavy atom. The number of carbonyl (C=O) groups excluding carboxylic acids is 1. The average molecular weight is 361 g/mol. The minimum Gasteiger partial charge on any atom is -0.483 e. The van der Waals surface area contributed by atoms with E-state index in [2.05, 4.69) is 5.32 Å². The zero-order valence-electron chi connectivity index (χ0n) is 14.9. The Balaban J connectivity index is 1.94. The SMILES string of the molecule is Cc1ccc(C)c(OCC(=O)N[C@@H](C)c2ccc(S(C)(=O)=O)cc2)c1. The van der Waals surface area contributed by atoms with Gasteiger partial charge < -0.3 is 10.1 Å². The fraction of sp³-hybridized carbons (Fsp3) is 0.316. The minimum absolute atomic E-state index is 0.0734. The molecule has 0 bridgehead atoms. The second kappa shape index (κ2) is 7.70. The fourth-order valence-corrected chi connectivity index (χ4v) is 3.01. The van der Waals surface area contributed by atoms with Crippen molar-refractivity contribution in [3.63, 3.8) is 0 Å². The van der Waals surface area contributed by atoms with Gasteiger partial charge in [0.25, 0.3) is 5.91 Å². The standard InChI is InChI=1S/C19H23NO4S/c1-13-5-6-14(2)18(11-13)24-12-19(21)20-15(3)16-7-9-17(10-8-16)25(4,22)23/h5-11,15H,12H2,1-4H3,(H,20,21)/t15-/m0/s1. The van der Waals surface area contributed by atoms with Crippen molar-refractivity contribution in [1.29, 1.82) is 0 Å². The number of nitrogens with one attached hydrogen (secondary N) is 1. The van der Waals surface area contributed by atoms with Crippen LogP contribution in [0.3, 0.4) is 0 Å². The van der Waals surface area contributed by atoms with E-state index in [0.29, 0.717) is 5.75 Å². The van der Waals surface area contributed by atoms with Crippen LogP contribution in [0.5, 0.6) is 5.75 Å². The van der Waals surface area contributed by atoms with Crippen molar-refractivity contribution in [3.8, 4) is 5.75 Å². The van der Waals surface area contributed by atoms with E-state index in [1.807, 2.05) is 39.0 Å². The number of hydrogen-bond donors (Lipinski definition) is 1. The number of amides is 1. The monoisotopic (exact) mass is 361 g/mol. The van der Waals surface area contributed by atoms with Crippen LogP contribution in [0, 0.1) is 13.8 Å². The summed E-state index contributed by atoms with van der Waals surface area (Å²) in [6.45, 7) is 5.66. The predicted octanol–water partition coefficient (Wildman–Crippen LogP) is 2.96. The molecular weight excluding hydrogens is 338 g/mol. The number of aryl methyl sites for hydroxylation is 2. The summed E-state index contributed by atoms with van der Waals surface area (Å²) in [6.07, 6.45) is 1.16. The fourth-order valence-electron chi connectivity index (χ4n) is 2.38. The molecule has 0 fully saturated rings. The Kier molecular flexibility index (Phi) is 5.85. The summed E-state index contributed by atoms with van der Waals surface area (Å²) in [6, 6.07) is 12.1.